The molecule has 3 aliphatic rings. The zero-order valence-electron chi connectivity index (χ0n) is 19.4. The lowest BCUT2D eigenvalue weighted by molar-refractivity contribution is -0.130. The van der Waals surface area contributed by atoms with Gasteiger partial charge < -0.3 is 14.9 Å². The van der Waals surface area contributed by atoms with Gasteiger partial charge in [0.2, 0.25) is 5.91 Å². The molecule has 0 bridgehead atoms. The van der Waals surface area contributed by atoms with E-state index in [4.69, 9.17) is 5.10 Å². The first-order valence-corrected chi connectivity index (χ1v) is 12.3. The maximum Gasteiger partial charge on any atom is 0.354 e. The number of likely N-dealkylation sites (tertiary alicyclic amines) is 1. The summed E-state index contributed by atoms with van der Waals surface area (Å²) in [5.41, 5.74) is 3.49. The summed E-state index contributed by atoms with van der Waals surface area (Å²) in [5.74, 6) is -0.115. The maximum absolute atomic E-state index is 12.1. The monoisotopic (exact) mass is 459 g/mol. The van der Waals surface area contributed by atoms with Gasteiger partial charge in [-0.2, -0.15) is 5.10 Å². The minimum Gasteiger partial charge on any atom is -0.477 e. The number of aromatic nitrogens is 3. The first-order chi connectivity index (χ1) is 16.5. The summed E-state index contributed by atoms with van der Waals surface area (Å²) in [6, 6.07) is 11.8. The van der Waals surface area contributed by atoms with Gasteiger partial charge in [0.05, 0.1) is 22.5 Å². The van der Waals surface area contributed by atoms with Gasteiger partial charge in [-0.25, -0.2) is 14.5 Å². The Hall–Kier alpha value is -3.42. The van der Waals surface area contributed by atoms with Gasteiger partial charge >= 0.3 is 5.97 Å². The molecule has 1 N–H and O–H groups in total. The predicted molar refractivity (Wildman–Crippen MR) is 129 cm³/mol. The van der Waals surface area contributed by atoms with Crippen LogP contribution in [-0.4, -0.2) is 62.3 Å². The van der Waals surface area contributed by atoms with Gasteiger partial charge in [0.1, 0.15) is 0 Å². The van der Waals surface area contributed by atoms with Gasteiger partial charge in [-0.1, -0.05) is 24.6 Å². The zero-order valence-corrected chi connectivity index (χ0v) is 19.4. The number of anilines is 1. The average Bonchev–Trinajstić information content (AvgIpc) is 3.39. The number of carboxylic acids is 1. The lowest BCUT2D eigenvalue weighted by Gasteiger charge is -2.39. The van der Waals surface area contributed by atoms with Crippen molar-refractivity contribution in [3.05, 3.63) is 47.8 Å². The molecular formula is C26H29N5O3. The number of pyridine rings is 1. The van der Waals surface area contributed by atoms with E-state index in [-0.39, 0.29) is 17.6 Å². The maximum atomic E-state index is 12.1. The minimum absolute atomic E-state index is 0.0404. The molecular weight excluding hydrogens is 430 g/mol. The van der Waals surface area contributed by atoms with Crippen LogP contribution in [0.5, 0.6) is 0 Å². The number of nitrogens with zero attached hydrogens (tertiary/aromatic N) is 5. The summed E-state index contributed by atoms with van der Waals surface area (Å²) in [7, 11) is 0. The average molecular weight is 460 g/mol. The lowest BCUT2D eigenvalue weighted by Crippen LogP contribution is -2.47. The number of piperidine rings is 1. The van der Waals surface area contributed by atoms with Crippen LogP contribution in [0, 0.1) is 5.92 Å². The Morgan fingerprint density at radius 2 is 1.85 bits per heavy atom. The van der Waals surface area contributed by atoms with Crippen molar-refractivity contribution in [1.82, 2.24) is 19.7 Å². The largest absolute Gasteiger partial charge is 0.477 e. The van der Waals surface area contributed by atoms with Crippen molar-refractivity contribution in [2.45, 2.75) is 51.0 Å². The van der Waals surface area contributed by atoms with Gasteiger partial charge in [-0.3, -0.25) is 4.79 Å². The van der Waals surface area contributed by atoms with Crippen LogP contribution in [0.15, 0.2) is 36.4 Å². The third-order valence-electron chi connectivity index (χ3n) is 7.94. The highest BCUT2D eigenvalue weighted by molar-refractivity contribution is 5.98. The molecule has 1 saturated carbocycles. The molecule has 1 amide bonds. The summed E-state index contributed by atoms with van der Waals surface area (Å²) < 4.78 is 1.82. The second-order valence-corrected chi connectivity index (χ2v) is 9.85. The molecule has 0 spiro atoms. The Kier molecular flexibility index (Phi) is 5.04. The fourth-order valence-electron chi connectivity index (χ4n) is 5.99. The molecule has 2 aromatic heterocycles. The van der Waals surface area contributed by atoms with Crippen molar-refractivity contribution in [3.63, 3.8) is 0 Å². The molecule has 0 radical (unpaired) electrons. The molecule has 8 heteroatoms. The minimum atomic E-state index is -1.03. The Labute approximate surface area is 198 Å². The fourth-order valence-corrected chi connectivity index (χ4v) is 5.99. The number of hydrogen-bond donors (Lipinski definition) is 1. The first-order valence-electron chi connectivity index (χ1n) is 12.3. The van der Waals surface area contributed by atoms with Gasteiger partial charge in [0.15, 0.2) is 11.3 Å². The van der Waals surface area contributed by atoms with Gasteiger partial charge in [-0.05, 0) is 49.8 Å². The second-order valence-electron chi connectivity index (χ2n) is 9.85. The number of amides is 1. The molecule has 8 nitrogen and oxygen atoms in total. The quantitative estimate of drug-likeness (QED) is 0.638. The SMILES string of the molecule is CC(=O)N1CC[C@H]2CN(c3cc(C(=O)O)nc4c3c(C3CCC3)nn4-c3ccccc3)CCC21. The summed E-state index contributed by atoms with van der Waals surface area (Å²) in [5, 5.41) is 15.9. The van der Waals surface area contributed by atoms with Crippen LogP contribution >= 0.6 is 0 Å². The molecule has 2 atom stereocenters. The van der Waals surface area contributed by atoms with Crippen LogP contribution in [0.3, 0.4) is 0 Å². The number of carboxylic acid groups (broad SMARTS) is 1. The van der Waals surface area contributed by atoms with Crippen molar-refractivity contribution in [3.8, 4) is 5.69 Å². The molecule has 2 saturated heterocycles. The third kappa shape index (κ3) is 3.35. The van der Waals surface area contributed by atoms with Crippen LogP contribution in [0.2, 0.25) is 0 Å². The van der Waals surface area contributed by atoms with E-state index >= 15 is 0 Å². The van der Waals surface area contributed by atoms with Gasteiger partial charge in [-0.15, -0.1) is 0 Å². The standard InChI is InChI=1S/C26H29N5O3/c1-16(32)30-13-10-18-15-29(12-11-21(18)30)22-14-20(26(33)34)27-25-23(22)24(17-6-5-7-17)28-31(25)19-8-3-2-4-9-19/h2-4,8-9,14,17-18,21H,5-7,10-13,15H2,1H3,(H,33,34)/t18-,21?/m0/s1. The van der Waals surface area contributed by atoms with E-state index in [0.717, 1.165) is 67.8 Å². The van der Waals surface area contributed by atoms with E-state index < -0.39 is 5.97 Å². The summed E-state index contributed by atoms with van der Waals surface area (Å²) in [6.45, 7) is 4.06. The van der Waals surface area contributed by atoms with Crippen LogP contribution in [0.4, 0.5) is 5.69 Å². The van der Waals surface area contributed by atoms with E-state index in [2.05, 4.69) is 9.88 Å². The molecule has 3 aromatic rings. The first kappa shape index (κ1) is 21.1. The van der Waals surface area contributed by atoms with E-state index in [1.54, 1.807) is 13.0 Å². The molecule has 6 rings (SSSR count). The number of para-hydroxylation sites is 1. The highest BCUT2D eigenvalue weighted by atomic mass is 16.4. The van der Waals surface area contributed by atoms with Crippen molar-refractivity contribution >= 4 is 28.6 Å². The zero-order chi connectivity index (χ0) is 23.4. The summed E-state index contributed by atoms with van der Waals surface area (Å²) in [4.78, 5) is 33.1. The number of carbonyl (C=O) groups is 2. The van der Waals surface area contributed by atoms with Crippen LogP contribution in [-0.2, 0) is 4.79 Å². The number of benzene rings is 1. The Bertz CT molecular complexity index is 1270. The summed E-state index contributed by atoms with van der Waals surface area (Å²) >= 11 is 0. The number of hydrogen-bond acceptors (Lipinski definition) is 5. The van der Waals surface area contributed by atoms with E-state index in [1.807, 2.05) is 39.9 Å². The van der Waals surface area contributed by atoms with Crippen molar-refractivity contribution in [1.29, 1.82) is 0 Å². The van der Waals surface area contributed by atoms with E-state index in [1.165, 1.54) is 6.42 Å². The molecule has 4 heterocycles. The normalized spacial score (nSPS) is 22.6. The highest BCUT2D eigenvalue weighted by Crippen LogP contribution is 2.44. The van der Waals surface area contributed by atoms with Gasteiger partial charge in [0.25, 0.3) is 0 Å². The van der Waals surface area contributed by atoms with Crippen LogP contribution in [0.25, 0.3) is 16.7 Å². The predicted octanol–water partition coefficient (Wildman–Crippen LogP) is 3.83. The molecule has 3 fully saturated rings. The number of fused-ring (bicyclic) bond motifs is 2. The molecule has 2 aliphatic heterocycles. The summed E-state index contributed by atoms with van der Waals surface area (Å²) in [6.07, 6.45) is 5.26. The number of rotatable bonds is 4. The van der Waals surface area contributed by atoms with Crippen LogP contribution in [0.1, 0.15) is 61.1 Å². The highest BCUT2D eigenvalue weighted by Gasteiger charge is 2.40. The Morgan fingerprint density at radius 1 is 1.06 bits per heavy atom. The fraction of sp³-hybridized carbons (Fsp3) is 0.462. The molecule has 1 aromatic carbocycles. The van der Waals surface area contributed by atoms with Crippen molar-refractivity contribution in [2.75, 3.05) is 24.5 Å². The Balaban J connectivity index is 1.49. The smallest absolute Gasteiger partial charge is 0.354 e. The molecule has 1 aliphatic carbocycles. The second kappa shape index (κ2) is 8.11. The molecule has 176 valence electrons. The number of aromatic carboxylic acids is 1. The van der Waals surface area contributed by atoms with E-state index in [0.29, 0.717) is 17.5 Å². The van der Waals surface area contributed by atoms with Crippen LogP contribution < -0.4 is 4.90 Å². The Morgan fingerprint density at radius 3 is 2.53 bits per heavy atom. The van der Waals surface area contributed by atoms with Gasteiger partial charge in [0, 0.05) is 38.5 Å². The van der Waals surface area contributed by atoms with Crippen molar-refractivity contribution in [2.24, 2.45) is 5.92 Å². The van der Waals surface area contributed by atoms with E-state index in [9.17, 15) is 14.7 Å². The third-order valence-corrected chi connectivity index (χ3v) is 7.94. The molecule has 1 unspecified atom stereocenters. The number of carbonyl (C=O) groups excluding carboxylic acids is 1. The molecule has 34 heavy (non-hydrogen) atoms. The lowest BCUT2D eigenvalue weighted by atomic mass is 9.81. The van der Waals surface area contributed by atoms with Crippen molar-refractivity contribution < 1.29 is 14.7 Å². The topological polar surface area (TPSA) is 91.6 Å².